The highest BCUT2D eigenvalue weighted by Gasteiger charge is 2.21. The topological polar surface area (TPSA) is 38.5 Å². The Morgan fingerprint density at radius 2 is 1.83 bits per heavy atom. The molecule has 0 amide bonds. The summed E-state index contributed by atoms with van der Waals surface area (Å²) in [7, 11) is 3.48. The van der Waals surface area contributed by atoms with Crippen LogP contribution in [0.3, 0.4) is 0 Å². The Hall–Kier alpha value is -1.04. The van der Waals surface area contributed by atoms with E-state index in [2.05, 4.69) is 0 Å². The molecule has 0 fully saturated rings. The van der Waals surface area contributed by atoms with Crippen LogP contribution in [0.4, 0.5) is 8.78 Å². The molecule has 0 aliphatic heterocycles. The highest BCUT2D eigenvalue weighted by atomic mass is 19.1. The molecule has 0 aliphatic rings. The van der Waals surface area contributed by atoms with E-state index < -0.39 is 11.6 Å². The van der Waals surface area contributed by atoms with Gasteiger partial charge in [-0.3, -0.25) is 4.90 Å². The second-order valence-corrected chi connectivity index (χ2v) is 4.42. The van der Waals surface area contributed by atoms with Crippen LogP contribution in [-0.4, -0.2) is 38.3 Å². The number of nitrogens with zero attached hydrogens (tertiary/aromatic N) is 1. The summed E-state index contributed by atoms with van der Waals surface area (Å²) in [5, 5.41) is 0. The molecule has 0 saturated heterocycles. The van der Waals surface area contributed by atoms with Gasteiger partial charge in [-0.05, 0) is 31.7 Å². The van der Waals surface area contributed by atoms with Crippen LogP contribution in [-0.2, 0) is 4.74 Å². The lowest BCUT2D eigenvalue weighted by molar-refractivity contribution is 0.0909. The second-order valence-electron chi connectivity index (χ2n) is 4.42. The monoisotopic (exact) mass is 258 g/mol. The minimum Gasteiger partial charge on any atom is -0.383 e. The van der Waals surface area contributed by atoms with E-state index >= 15 is 0 Å². The zero-order chi connectivity index (χ0) is 13.7. The normalized spacial score (nSPS) is 14.8. The molecule has 102 valence electrons. The fraction of sp³-hybridized carbons (Fsp3) is 0.538. The fourth-order valence-electron chi connectivity index (χ4n) is 1.97. The van der Waals surface area contributed by atoms with Gasteiger partial charge in [0.25, 0.3) is 0 Å². The standard InChI is InChI=1S/C13H20F2N2O/c1-9(8-18-3)17(2)13(7-16)10-4-11(14)6-12(15)5-10/h4-6,9,13H,7-8,16H2,1-3H3. The molecule has 0 bridgehead atoms. The van der Waals surface area contributed by atoms with Crippen molar-refractivity contribution in [3.63, 3.8) is 0 Å². The van der Waals surface area contributed by atoms with Crippen molar-refractivity contribution in [3.05, 3.63) is 35.4 Å². The zero-order valence-electron chi connectivity index (χ0n) is 11.0. The molecule has 2 unspecified atom stereocenters. The predicted octanol–water partition coefficient (Wildman–Crippen LogP) is 1.93. The summed E-state index contributed by atoms with van der Waals surface area (Å²) < 4.78 is 31.5. The summed E-state index contributed by atoms with van der Waals surface area (Å²) in [5.74, 6) is -1.17. The van der Waals surface area contributed by atoms with Gasteiger partial charge < -0.3 is 10.5 Å². The minimum atomic E-state index is -0.587. The third kappa shape index (κ3) is 3.73. The van der Waals surface area contributed by atoms with Gasteiger partial charge in [0.1, 0.15) is 11.6 Å². The van der Waals surface area contributed by atoms with Crippen molar-refractivity contribution < 1.29 is 13.5 Å². The average molecular weight is 258 g/mol. The quantitative estimate of drug-likeness (QED) is 0.847. The van der Waals surface area contributed by atoms with E-state index in [1.54, 1.807) is 7.11 Å². The van der Waals surface area contributed by atoms with E-state index in [-0.39, 0.29) is 18.6 Å². The Morgan fingerprint density at radius 3 is 2.28 bits per heavy atom. The maximum atomic E-state index is 13.2. The fourth-order valence-corrected chi connectivity index (χ4v) is 1.97. The first-order chi connectivity index (χ1) is 8.49. The lowest BCUT2D eigenvalue weighted by Crippen LogP contribution is -2.39. The van der Waals surface area contributed by atoms with Crippen LogP contribution in [0.15, 0.2) is 18.2 Å². The van der Waals surface area contributed by atoms with E-state index in [1.807, 2.05) is 18.9 Å². The van der Waals surface area contributed by atoms with Gasteiger partial charge >= 0.3 is 0 Å². The number of likely N-dealkylation sites (N-methyl/N-ethyl adjacent to an activating group) is 1. The lowest BCUT2D eigenvalue weighted by Gasteiger charge is -2.32. The molecule has 2 atom stereocenters. The van der Waals surface area contributed by atoms with Gasteiger partial charge in [-0.25, -0.2) is 8.78 Å². The van der Waals surface area contributed by atoms with Crippen LogP contribution in [0.1, 0.15) is 18.5 Å². The van der Waals surface area contributed by atoms with Gasteiger partial charge in [0.05, 0.1) is 6.61 Å². The molecule has 0 spiro atoms. The third-order valence-corrected chi connectivity index (χ3v) is 3.09. The summed E-state index contributed by atoms with van der Waals surface area (Å²) in [6.45, 7) is 2.79. The van der Waals surface area contributed by atoms with Crippen molar-refractivity contribution in [1.82, 2.24) is 4.90 Å². The first kappa shape index (κ1) is 15.0. The largest absolute Gasteiger partial charge is 0.383 e. The molecule has 1 rings (SSSR count). The van der Waals surface area contributed by atoms with E-state index in [1.165, 1.54) is 12.1 Å². The molecule has 2 N–H and O–H groups in total. The van der Waals surface area contributed by atoms with Gasteiger partial charge in [-0.2, -0.15) is 0 Å². The van der Waals surface area contributed by atoms with Crippen LogP contribution >= 0.6 is 0 Å². The molecule has 0 radical (unpaired) electrons. The van der Waals surface area contributed by atoms with Crippen LogP contribution < -0.4 is 5.73 Å². The van der Waals surface area contributed by atoms with Gasteiger partial charge in [-0.15, -0.1) is 0 Å². The van der Waals surface area contributed by atoms with Gasteiger partial charge in [0.2, 0.25) is 0 Å². The smallest absolute Gasteiger partial charge is 0.126 e. The molecule has 0 aliphatic carbocycles. The molecule has 0 heterocycles. The lowest BCUT2D eigenvalue weighted by atomic mass is 10.0. The van der Waals surface area contributed by atoms with E-state index in [0.717, 1.165) is 6.07 Å². The molecule has 0 saturated carbocycles. The number of benzene rings is 1. The van der Waals surface area contributed by atoms with Crippen molar-refractivity contribution >= 4 is 0 Å². The minimum absolute atomic E-state index is 0.106. The highest BCUT2D eigenvalue weighted by Crippen LogP contribution is 2.22. The Bertz CT molecular complexity index is 367. The highest BCUT2D eigenvalue weighted by molar-refractivity contribution is 5.22. The Kier molecular flexibility index (Phi) is 5.65. The number of nitrogens with two attached hydrogens (primary N) is 1. The average Bonchev–Trinajstić information content (AvgIpc) is 2.28. The molecule has 0 aromatic heterocycles. The molecule has 1 aromatic rings. The molecule has 5 heteroatoms. The Morgan fingerprint density at radius 1 is 1.28 bits per heavy atom. The Labute approximate surface area is 107 Å². The number of rotatable bonds is 6. The van der Waals surface area contributed by atoms with Crippen molar-refractivity contribution in [2.75, 3.05) is 27.3 Å². The van der Waals surface area contributed by atoms with Gasteiger partial charge in [0, 0.05) is 31.8 Å². The van der Waals surface area contributed by atoms with E-state index in [9.17, 15) is 8.78 Å². The van der Waals surface area contributed by atoms with Crippen molar-refractivity contribution in [2.45, 2.75) is 19.0 Å². The van der Waals surface area contributed by atoms with E-state index in [4.69, 9.17) is 10.5 Å². The number of halogens is 2. The molecule has 1 aromatic carbocycles. The predicted molar refractivity (Wildman–Crippen MR) is 67.3 cm³/mol. The molecule has 3 nitrogen and oxygen atoms in total. The molecular formula is C13H20F2N2O. The Balaban J connectivity index is 2.94. The van der Waals surface area contributed by atoms with Gasteiger partial charge in [0.15, 0.2) is 0 Å². The third-order valence-electron chi connectivity index (χ3n) is 3.09. The van der Waals surface area contributed by atoms with Crippen molar-refractivity contribution in [2.24, 2.45) is 5.73 Å². The number of methoxy groups -OCH3 is 1. The molecular weight excluding hydrogens is 238 g/mol. The second kappa shape index (κ2) is 6.78. The number of ether oxygens (including phenoxy) is 1. The van der Waals surface area contributed by atoms with Crippen molar-refractivity contribution in [1.29, 1.82) is 0 Å². The number of hydrogen-bond donors (Lipinski definition) is 1. The summed E-state index contributed by atoms with van der Waals surface area (Å²) in [5.41, 5.74) is 6.25. The molecule has 18 heavy (non-hydrogen) atoms. The van der Waals surface area contributed by atoms with Gasteiger partial charge in [-0.1, -0.05) is 0 Å². The first-order valence-corrected chi connectivity index (χ1v) is 5.86. The van der Waals surface area contributed by atoms with Crippen LogP contribution in [0, 0.1) is 11.6 Å². The maximum absolute atomic E-state index is 13.2. The van der Waals surface area contributed by atoms with Crippen molar-refractivity contribution in [3.8, 4) is 0 Å². The summed E-state index contributed by atoms with van der Waals surface area (Å²) in [6, 6.07) is 3.36. The first-order valence-electron chi connectivity index (χ1n) is 5.86. The van der Waals surface area contributed by atoms with E-state index in [0.29, 0.717) is 12.2 Å². The summed E-state index contributed by atoms with van der Waals surface area (Å²) >= 11 is 0. The maximum Gasteiger partial charge on any atom is 0.126 e. The van der Waals surface area contributed by atoms with Crippen LogP contribution in [0.25, 0.3) is 0 Å². The summed E-state index contributed by atoms with van der Waals surface area (Å²) in [6.07, 6.45) is 0. The zero-order valence-corrected chi connectivity index (χ0v) is 11.0. The summed E-state index contributed by atoms with van der Waals surface area (Å²) in [4.78, 5) is 1.96. The SMILES string of the molecule is COCC(C)N(C)C(CN)c1cc(F)cc(F)c1. The van der Waals surface area contributed by atoms with Crippen LogP contribution in [0.2, 0.25) is 0 Å². The van der Waals surface area contributed by atoms with Crippen LogP contribution in [0.5, 0.6) is 0 Å². The number of hydrogen-bond acceptors (Lipinski definition) is 3.